The van der Waals surface area contributed by atoms with Crippen LogP contribution >= 0.6 is 11.8 Å². The van der Waals surface area contributed by atoms with Crippen LogP contribution in [0.3, 0.4) is 0 Å². The van der Waals surface area contributed by atoms with Crippen LogP contribution in [0.5, 0.6) is 0 Å². The highest BCUT2D eigenvalue weighted by atomic mass is 32.2. The van der Waals surface area contributed by atoms with E-state index in [2.05, 4.69) is 18.2 Å². The maximum atomic E-state index is 11.3. The molecule has 0 aliphatic carbocycles. The molecule has 2 nitrogen and oxygen atoms in total. The molecular weight excluding hydrogens is 268 g/mol. The zero-order valence-electron chi connectivity index (χ0n) is 11.1. The second-order valence-electron chi connectivity index (χ2n) is 4.59. The smallest absolute Gasteiger partial charge is 0.307 e. The molecular formula is C17H14O2S. The lowest BCUT2D eigenvalue weighted by molar-refractivity contribution is -0.136. The molecule has 1 unspecified atom stereocenters. The summed E-state index contributed by atoms with van der Waals surface area (Å²) in [5, 5.41) is 0.0231. The number of esters is 1. The molecule has 3 heteroatoms. The first kappa shape index (κ1) is 13.0. The molecule has 100 valence electrons. The highest BCUT2D eigenvalue weighted by Crippen LogP contribution is 2.46. The van der Waals surface area contributed by atoms with Crippen LogP contribution in [0.15, 0.2) is 65.3 Å². The van der Waals surface area contributed by atoms with Crippen LogP contribution in [-0.4, -0.2) is 5.97 Å². The van der Waals surface area contributed by atoms with Crippen molar-refractivity contribution in [1.29, 1.82) is 0 Å². The third-order valence-corrected chi connectivity index (χ3v) is 4.45. The first-order valence-corrected chi connectivity index (χ1v) is 7.32. The predicted octanol–water partition coefficient (Wildman–Crippen LogP) is 4.44. The lowest BCUT2D eigenvalue weighted by atomic mass is 10.1. The van der Waals surface area contributed by atoms with Gasteiger partial charge in [-0.2, -0.15) is 0 Å². The van der Waals surface area contributed by atoms with Crippen molar-refractivity contribution in [2.24, 2.45) is 0 Å². The fraction of sp³-hybridized carbons (Fsp3) is 0.118. The Labute approximate surface area is 122 Å². The number of rotatable bonds is 2. The number of fused-ring (bicyclic) bond motifs is 1. The van der Waals surface area contributed by atoms with Crippen molar-refractivity contribution in [3.63, 3.8) is 0 Å². The van der Waals surface area contributed by atoms with Crippen LogP contribution in [0.4, 0.5) is 0 Å². The van der Waals surface area contributed by atoms with Crippen LogP contribution in [0.1, 0.15) is 23.3 Å². The van der Waals surface area contributed by atoms with Gasteiger partial charge in [0, 0.05) is 11.8 Å². The molecule has 1 aliphatic rings. The highest BCUT2D eigenvalue weighted by molar-refractivity contribution is 7.99. The summed E-state index contributed by atoms with van der Waals surface area (Å²) >= 11 is 1.71. The van der Waals surface area contributed by atoms with Crippen molar-refractivity contribution >= 4 is 23.8 Å². The van der Waals surface area contributed by atoms with Crippen LogP contribution in [0.2, 0.25) is 0 Å². The first-order chi connectivity index (χ1) is 9.74. The van der Waals surface area contributed by atoms with E-state index in [0.717, 1.165) is 11.1 Å². The molecule has 1 aliphatic heterocycles. The Morgan fingerprint density at radius 3 is 2.50 bits per heavy atom. The summed E-state index contributed by atoms with van der Waals surface area (Å²) in [6, 6.07) is 18.3. The molecule has 0 saturated carbocycles. The summed E-state index contributed by atoms with van der Waals surface area (Å²) in [6.07, 6.45) is 1.96. The zero-order chi connectivity index (χ0) is 13.9. The molecule has 0 bridgehead atoms. The molecule has 0 fully saturated rings. The van der Waals surface area contributed by atoms with Gasteiger partial charge in [0.15, 0.2) is 0 Å². The van der Waals surface area contributed by atoms with Crippen molar-refractivity contribution in [2.45, 2.75) is 17.1 Å². The minimum atomic E-state index is -0.280. The second-order valence-corrected chi connectivity index (χ2v) is 5.73. The topological polar surface area (TPSA) is 26.3 Å². The Kier molecular flexibility index (Phi) is 3.61. The molecule has 3 rings (SSSR count). The second kappa shape index (κ2) is 5.55. The molecule has 0 N–H and O–H groups in total. The van der Waals surface area contributed by atoms with Gasteiger partial charge >= 0.3 is 5.97 Å². The van der Waals surface area contributed by atoms with E-state index in [1.165, 1.54) is 11.8 Å². The molecule has 0 spiro atoms. The van der Waals surface area contributed by atoms with Crippen molar-refractivity contribution in [2.75, 3.05) is 0 Å². The normalized spacial score (nSPS) is 17.1. The highest BCUT2D eigenvalue weighted by Gasteiger charge is 2.26. The van der Waals surface area contributed by atoms with E-state index in [0.29, 0.717) is 5.76 Å². The van der Waals surface area contributed by atoms with E-state index in [4.69, 9.17) is 4.74 Å². The van der Waals surface area contributed by atoms with Gasteiger partial charge in [0.05, 0.1) is 5.25 Å². The molecule has 1 heterocycles. The fourth-order valence-corrected chi connectivity index (χ4v) is 3.43. The Hall–Kier alpha value is -2.00. The van der Waals surface area contributed by atoms with E-state index in [9.17, 15) is 4.79 Å². The predicted molar refractivity (Wildman–Crippen MR) is 81.2 cm³/mol. The molecule has 0 saturated heterocycles. The van der Waals surface area contributed by atoms with E-state index in [1.54, 1.807) is 11.8 Å². The number of hydrogen-bond acceptors (Lipinski definition) is 3. The van der Waals surface area contributed by atoms with Gasteiger partial charge in [-0.05, 0) is 23.3 Å². The Balaban J connectivity index is 2.04. The average Bonchev–Trinajstić information content (AvgIpc) is 2.47. The van der Waals surface area contributed by atoms with E-state index in [-0.39, 0.29) is 11.2 Å². The number of benzene rings is 2. The standard InChI is InChI=1S/C17H14O2S/c1-12(18)19-15-11-14-9-5-6-10-16(14)20-17(15)13-7-3-2-4-8-13/h2-11,17H,1H3. The summed E-state index contributed by atoms with van der Waals surface area (Å²) in [4.78, 5) is 12.5. The molecule has 0 radical (unpaired) electrons. The van der Waals surface area contributed by atoms with E-state index < -0.39 is 0 Å². The van der Waals surface area contributed by atoms with Crippen molar-refractivity contribution in [3.8, 4) is 0 Å². The van der Waals surface area contributed by atoms with Gasteiger partial charge in [-0.3, -0.25) is 4.79 Å². The quantitative estimate of drug-likeness (QED) is 0.762. The number of carbonyl (C=O) groups is 1. The van der Waals surface area contributed by atoms with Crippen LogP contribution in [-0.2, 0) is 9.53 Å². The Morgan fingerprint density at radius 2 is 1.75 bits per heavy atom. The van der Waals surface area contributed by atoms with Crippen molar-refractivity contribution in [1.82, 2.24) is 0 Å². The first-order valence-electron chi connectivity index (χ1n) is 6.44. The molecule has 2 aromatic rings. The van der Waals surface area contributed by atoms with Gasteiger partial charge in [0.2, 0.25) is 0 Å². The minimum absolute atomic E-state index is 0.0231. The van der Waals surface area contributed by atoms with Gasteiger partial charge in [-0.15, -0.1) is 11.8 Å². The van der Waals surface area contributed by atoms with Crippen molar-refractivity contribution < 1.29 is 9.53 Å². The fourth-order valence-electron chi connectivity index (χ4n) is 2.23. The lowest BCUT2D eigenvalue weighted by Gasteiger charge is -2.24. The summed E-state index contributed by atoms with van der Waals surface area (Å²) in [7, 11) is 0. The molecule has 2 aromatic carbocycles. The van der Waals surface area contributed by atoms with Crippen LogP contribution < -0.4 is 0 Å². The van der Waals surface area contributed by atoms with E-state index >= 15 is 0 Å². The largest absolute Gasteiger partial charge is 0.430 e. The summed E-state index contributed by atoms with van der Waals surface area (Å²) in [6.45, 7) is 1.44. The zero-order valence-corrected chi connectivity index (χ0v) is 11.9. The lowest BCUT2D eigenvalue weighted by Crippen LogP contribution is -2.09. The molecule has 1 atom stereocenters. The number of carbonyl (C=O) groups excluding carboxylic acids is 1. The number of ether oxygens (including phenoxy) is 1. The summed E-state index contributed by atoms with van der Waals surface area (Å²) < 4.78 is 5.42. The van der Waals surface area contributed by atoms with Gasteiger partial charge < -0.3 is 4.74 Å². The number of thioether (sulfide) groups is 1. The van der Waals surface area contributed by atoms with Gasteiger partial charge in [-0.1, -0.05) is 48.5 Å². The maximum Gasteiger partial charge on any atom is 0.307 e. The van der Waals surface area contributed by atoms with Crippen molar-refractivity contribution in [3.05, 3.63) is 71.5 Å². The molecule has 0 amide bonds. The SMILES string of the molecule is CC(=O)OC1=Cc2ccccc2SC1c1ccccc1. The minimum Gasteiger partial charge on any atom is -0.430 e. The Morgan fingerprint density at radius 1 is 1.05 bits per heavy atom. The third kappa shape index (κ3) is 2.63. The monoisotopic (exact) mass is 282 g/mol. The molecule has 20 heavy (non-hydrogen) atoms. The van der Waals surface area contributed by atoms with Gasteiger partial charge in [-0.25, -0.2) is 0 Å². The average molecular weight is 282 g/mol. The van der Waals surface area contributed by atoms with Gasteiger partial charge in [0.25, 0.3) is 0 Å². The van der Waals surface area contributed by atoms with Crippen LogP contribution in [0.25, 0.3) is 6.08 Å². The van der Waals surface area contributed by atoms with Crippen LogP contribution in [0, 0.1) is 0 Å². The maximum absolute atomic E-state index is 11.3. The summed E-state index contributed by atoms with van der Waals surface area (Å²) in [5.41, 5.74) is 2.24. The van der Waals surface area contributed by atoms with E-state index in [1.807, 2.05) is 42.5 Å². The van der Waals surface area contributed by atoms with Gasteiger partial charge in [0.1, 0.15) is 5.76 Å². The summed E-state index contributed by atoms with van der Waals surface area (Å²) in [5.74, 6) is 0.421. The molecule has 0 aromatic heterocycles. The Bertz CT molecular complexity index is 662. The third-order valence-electron chi connectivity index (χ3n) is 3.08. The number of hydrogen-bond donors (Lipinski definition) is 0.